The molecule has 0 saturated heterocycles. The van der Waals surface area contributed by atoms with Crippen molar-refractivity contribution in [1.29, 1.82) is 0 Å². The fourth-order valence-electron chi connectivity index (χ4n) is 1.00. The zero-order valence-corrected chi connectivity index (χ0v) is 8.08. The minimum absolute atomic E-state index is 0.00475. The number of nitrogens with two attached hydrogens (primary N) is 1. The Morgan fingerprint density at radius 2 is 2.43 bits per heavy atom. The van der Waals surface area contributed by atoms with Crippen molar-refractivity contribution in [2.24, 2.45) is 0 Å². The zero-order valence-electron chi connectivity index (χ0n) is 8.08. The number of hydrogen-bond acceptors (Lipinski definition) is 4. The van der Waals surface area contributed by atoms with Crippen LogP contribution in [0, 0.1) is 0 Å². The third-order valence-electron chi connectivity index (χ3n) is 1.80. The maximum absolute atomic E-state index is 10.9. The van der Waals surface area contributed by atoms with Gasteiger partial charge in [0.15, 0.2) is 0 Å². The van der Waals surface area contributed by atoms with E-state index in [-0.39, 0.29) is 5.91 Å². The molecule has 76 valence electrons. The first-order chi connectivity index (χ1) is 6.74. The monoisotopic (exact) mass is 194 g/mol. The minimum atomic E-state index is 0.00475. The Morgan fingerprint density at radius 1 is 1.64 bits per heavy atom. The van der Waals surface area contributed by atoms with E-state index in [1.165, 1.54) is 0 Å². The highest BCUT2D eigenvalue weighted by Gasteiger charge is 1.99. The van der Waals surface area contributed by atoms with Crippen LogP contribution in [0.1, 0.15) is 6.42 Å². The molecule has 4 N–H and O–H groups in total. The van der Waals surface area contributed by atoms with E-state index in [1.54, 1.807) is 25.5 Å². The molecule has 0 radical (unpaired) electrons. The van der Waals surface area contributed by atoms with Gasteiger partial charge in [-0.15, -0.1) is 0 Å². The Balaban J connectivity index is 2.39. The van der Waals surface area contributed by atoms with E-state index in [9.17, 15) is 4.79 Å². The second kappa shape index (κ2) is 5.06. The Morgan fingerprint density at radius 3 is 3.07 bits per heavy atom. The number of nitrogens with zero attached hydrogens (tertiary/aromatic N) is 1. The van der Waals surface area contributed by atoms with Crippen LogP contribution in [0.15, 0.2) is 18.5 Å². The molecule has 0 unspecified atom stereocenters. The van der Waals surface area contributed by atoms with Gasteiger partial charge in [-0.05, 0) is 6.07 Å². The third kappa shape index (κ3) is 2.93. The summed E-state index contributed by atoms with van der Waals surface area (Å²) in [7, 11) is 1.61. The Labute approximate surface area is 82.7 Å². The van der Waals surface area contributed by atoms with Crippen molar-refractivity contribution in [3.8, 4) is 0 Å². The summed E-state index contributed by atoms with van der Waals surface area (Å²) in [6.07, 6.45) is 3.65. The number of nitrogen functional groups attached to an aromatic ring is 1. The molecule has 5 heteroatoms. The van der Waals surface area contributed by atoms with Crippen molar-refractivity contribution in [3.63, 3.8) is 0 Å². The molecule has 0 aliphatic carbocycles. The molecule has 0 aromatic carbocycles. The second-order valence-electron chi connectivity index (χ2n) is 2.81. The topological polar surface area (TPSA) is 80.0 Å². The molecular weight excluding hydrogens is 180 g/mol. The molecule has 0 aliphatic heterocycles. The van der Waals surface area contributed by atoms with Crippen molar-refractivity contribution in [3.05, 3.63) is 18.5 Å². The molecule has 1 amide bonds. The van der Waals surface area contributed by atoms with Crippen LogP contribution in [0.5, 0.6) is 0 Å². The molecule has 0 saturated carbocycles. The Hall–Kier alpha value is -1.78. The largest absolute Gasteiger partial charge is 0.396 e. The van der Waals surface area contributed by atoms with Gasteiger partial charge in [-0.25, -0.2) is 0 Å². The highest BCUT2D eigenvalue weighted by molar-refractivity contribution is 5.76. The van der Waals surface area contributed by atoms with Gasteiger partial charge >= 0.3 is 0 Å². The molecule has 0 atom stereocenters. The molecule has 0 bridgehead atoms. The van der Waals surface area contributed by atoms with E-state index >= 15 is 0 Å². The predicted octanol–water partition coefficient (Wildman–Crippen LogP) is 0.212. The Kier molecular flexibility index (Phi) is 3.72. The molecule has 0 fully saturated rings. The summed E-state index contributed by atoms with van der Waals surface area (Å²) >= 11 is 0. The van der Waals surface area contributed by atoms with Crippen molar-refractivity contribution in [1.82, 2.24) is 10.3 Å². The predicted molar refractivity (Wildman–Crippen MR) is 55.8 cm³/mol. The van der Waals surface area contributed by atoms with Crippen molar-refractivity contribution >= 4 is 17.3 Å². The van der Waals surface area contributed by atoms with Crippen LogP contribution in [0.3, 0.4) is 0 Å². The molecule has 0 spiro atoms. The van der Waals surface area contributed by atoms with Crippen LogP contribution in [-0.4, -0.2) is 24.5 Å². The van der Waals surface area contributed by atoms with Gasteiger partial charge in [-0.2, -0.15) is 0 Å². The number of amides is 1. The molecule has 1 aromatic rings. The summed E-state index contributed by atoms with van der Waals surface area (Å²) in [5.41, 5.74) is 7.04. The van der Waals surface area contributed by atoms with Crippen molar-refractivity contribution in [2.45, 2.75) is 6.42 Å². The van der Waals surface area contributed by atoms with Gasteiger partial charge in [0.2, 0.25) is 5.91 Å². The molecule has 1 aromatic heterocycles. The lowest BCUT2D eigenvalue weighted by Gasteiger charge is -2.07. The summed E-state index contributed by atoms with van der Waals surface area (Å²) in [5, 5.41) is 5.60. The summed E-state index contributed by atoms with van der Waals surface area (Å²) < 4.78 is 0. The zero-order chi connectivity index (χ0) is 10.4. The standard InChI is InChI=1S/C9H14N4O/c1-11-9(14)3-5-13-8-2-4-12-6-7(8)10/h2,4,6H,3,5,10H2,1H3,(H,11,14)(H,12,13). The number of nitrogens with one attached hydrogen (secondary N) is 2. The SMILES string of the molecule is CNC(=O)CCNc1ccncc1N. The van der Waals surface area contributed by atoms with Gasteiger partial charge in [-0.3, -0.25) is 9.78 Å². The first-order valence-electron chi connectivity index (χ1n) is 4.38. The average Bonchev–Trinajstić information content (AvgIpc) is 2.20. The molecular formula is C9H14N4O. The van der Waals surface area contributed by atoms with Crippen LogP contribution in [0.4, 0.5) is 11.4 Å². The summed E-state index contributed by atoms with van der Waals surface area (Å²) in [5.74, 6) is 0.00475. The third-order valence-corrected chi connectivity index (χ3v) is 1.80. The van der Waals surface area contributed by atoms with Crippen LogP contribution in [0.25, 0.3) is 0 Å². The van der Waals surface area contributed by atoms with E-state index < -0.39 is 0 Å². The fraction of sp³-hybridized carbons (Fsp3) is 0.333. The van der Waals surface area contributed by atoms with Gasteiger partial charge < -0.3 is 16.4 Å². The normalized spacial score (nSPS) is 9.50. The lowest BCUT2D eigenvalue weighted by Crippen LogP contribution is -2.21. The molecule has 14 heavy (non-hydrogen) atoms. The molecule has 5 nitrogen and oxygen atoms in total. The van der Waals surface area contributed by atoms with Crippen LogP contribution < -0.4 is 16.4 Å². The number of hydrogen-bond donors (Lipinski definition) is 3. The maximum atomic E-state index is 10.9. The quantitative estimate of drug-likeness (QED) is 0.640. The van der Waals surface area contributed by atoms with Gasteiger partial charge in [-0.1, -0.05) is 0 Å². The minimum Gasteiger partial charge on any atom is -0.396 e. The van der Waals surface area contributed by atoms with E-state index in [2.05, 4.69) is 15.6 Å². The summed E-state index contributed by atoms with van der Waals surface area (Å²) in [6.45, 7) is 0.563. The lowest BCUT2D eigenvalue weighted by atomic mass is 10.3. The van der Waals surface area contributed by atoms with E-state index in [0.717, 1.165) is 5.69 Å². The first kappa shape index (κ1) is 10.3. The fourth-order valence-corrected chi connectivity index (χ4v) is 1.00. The number of carbonyl (C=O) groups is 1. The van der Waals surface area contributed by atoms with Gasteiger partial charge in [0.05, 0.1) is 17.6 Å². The second-order valence-corrected chi connectivity index (χ2v) is 2.81. The maximum Gasteiger partial charge on any atom is 0.221 e. The summed E-state index contributed by atoms with van der Waals surface area (Å²) in [4.78, 5) is 14.8. The van der Waals surface area contributed by atoms with Gasteiger partial charge in [0.1, 0.15) is 0 Å². The van der Waals surface area contributed by atoms with Crippen molar-refractivity contribution in [2.75, 3.05) is 24.6 Å². The van der Waals surface area contributed by atoms with Crippen LogP contribution >= 0.6 is 0 Å². The Bertz CT molecular complexity index is 313. The van der Waals surface area contributed by atoms with Gasteiger partial charge in [0.25, 0.3) is 0 Å². The number of rotatable bonds is 4. The van der Waals surface area contributed by atoms with Crippen LogP contribution in [0.2, 0.25) is 0 Å². The summed E-state index contributed by atoms with van der Waals surface area (Å²) in [6, 6.07) is 1.78. The molecule has 1 rings (SSSR count). The van der Waals surface area contributed by atoms with Crippen LogP contribution in [-0.2, 0) is 4.79 Å². The van der Waals surface area contributed by atoms with Gasteiger partial charge in [0, 0.05) is 26.2 Å². The first-order valence-corrected chi connectivity index (χ1v) is 4.38. The number of pyridine rings is 1. The molecule has 1 heterocycles. The van der Waals surface area contributed by atoms with E-state index in [0.29, 0.717) is 18.7 Å². The highest BCUT2D eigenvalue weighted by atomic mass is 16.1. The molecule has 0 aliphatic rings. The van der Waals surface area contributed by atoms with Crippen molar-refractivity contribution < 1.29 is 4.79 Å². The number of anilines is 2. The average molecular weight is 194 g/mol. The number of aromatic nitrogens is 1. The highest BCUT2D eigenvalue weighted by Crippen LogP contribution is 2.14. The smallest absolute Gasteiger partial charge is 0.221 e. The van der Waals surface area contributed by atoms with E-state index in [1.807, 2.05) is 0 Å². The lowest BCUT2D eigenvalue weighted by molar-refractivity contribution is -0.120. The number of carbonyl (C=O) groups excluding carboxylic acids is 1. The van der Waals surface area contributed by atoms with E-state index in [4.69, 9.17) is 5.73 Å².